The van der Waals surface area contributed by atoms with E-state index < -0.39 is 0 Å². The van der Waals surface area contributed by atoms with Gasteiger partial charge in [-0.05, 0) is 6.92 Å². The molecule has 0 aliphatic carbocycles. The fraction of sp³-hybridized carbons (Fsp3) is 0.429. The molecule has 0 bridgehead atoms. The molecule has 0 amide bonds. The Kier molecular flexibility index (Phi) is 2.86. The van der Waals surface area contributed by atoms with Gasteiger partial charge in [0.2, 0.25) is 0 Å². The van der Waals surface area contributed by atoms with Crippen LogP contribution in [0.3, 0.4) is 0 Å². The molecule has 0 fully saturated rings. The lowest BCUT2D eigenvalue weighted by molar-refractivity contribution is 0.677. The van der Waals surface area contributed by atoms with Crippen molar-refractivity contribution in [3.8, 4) is 0 Å². The first-order chi connectivity index (χ1) is 5.65. The molecule has 0 atom stereocenters. The smallest absolute Gasteiger partial charge is 0.297 e. The number of H-pyrrole nitrogens is 1. The van der Waals surface area contributed by atoms with Crippen LogP contribution in [-0.2, 0) is 6.54 Å². The molecule has 0 unspecified atom stereocenters. The average Bonchev–Trinajstić information content (AvgIpc) is 1.96. The maximum absolute atomic E-state index is 11.1. The minimum Gasteiger partial charge on any atom is -0.297 e. The van der Waals surface area contributed by atoms with Crippen molar-refractivity contribution in [1.29, 1.82) is 0 Å². The number of nitrogens with zero attached hydrogens (tertiary/aromatic N) is 1. The summed E-state index contributed by atoms with van der Waals surface area (Å²) in [5.74, 6) is 0. The summed E-state index contributed by atoms with van der Waals surface area (Å²) in [6.07, 6.45) is 0. The number of nitrogens with one attached hydrogen (secondary N) is 1. The second kappa shape index (κ2) is 3.71. The van der Waals surface area contributed by atoms with Gasteiger partial charge in [-0.3, -0.25) is 14.3 Å². The fourth-order valence-electron chi connectivity index (χ4n) is 0.999. The molecule has 0 saturated heterocycles. The van der Waals surface area contributed by atoms with Crippen molar-refractivity contribution in [2.45, 2.75) is 13.5 Å². The standard InChI is InChI=1S/C7H9BrN2O2/c1-5-4-6(11)9-7(12)10(5)3-2-8/h4H,2-3H2,1H3,(H,9,11,12). The van der Waals surface area contributed by atoms with E-state index >= 15 is 0 Å². The highest BCUT2D eigenvalue weighted by molar-refractivity contribution is 9.09. The summed E-state index contributed by atoms with van der Waals surface area (Å²) in [7, 11) is 0. The highest BCUT2D eigenvalue weighted by atomic mass is 79.9. The lowest BCUT2D eigenvalue weighted by atomic mass is 10.4. The first-order valence-corrected chi connectivity index (χ1v) is 4.64. The van der Waals surface area contributed by atoms with Gasteiger partial charge >= 0.3 is 5.69 Å². The summed E-state index contributed by atoms with van der Waals surface area (Å²) in [6.45, 7) is 2.31. The van der Waals surface area contributed by atoms with Gasteiger partial charge in [-0.2, -0.15) is 0 Å². The molecule has 0 radical (unpaired) electrons. The Morgan fingerprint density at radius 1 is 1.58 bits per heavy atom. The molecular weight excluding hydrogens is 224 g/mol. The molecule has 1 N–H and O–H groups in total. The molecule has 4 nitrogen and oxygen atoms in total. The van der Waals surface area contributed by atoms with Gasteiger partial charge in [0, 0.05) is 23.6 Å². The number of hydrogen-bond donors (Lipinski definition) is 1. The molecule has 12 heavy (non-hydrogen) atoms. The summed E-state index contributed by atoms with van der Waals surface area (Å²) in [5.41, 5.74) is -0.00836. The SMILES string of the molecule is Cc1cc(=O)[nH]c(=O)n1CCBr. The molecule has 1 heterocycles. The number of hydrogen-bond acceptors (Lipinski definition) is 2. The van der Waals surface area contributed by atoms with Gasteiger partial charge in [0.05, 0.1) is 0 Å². The molecule has 66 valence electrons. The van der Waals surface area contributed by atoms with E-state index in [1.54, 1.807) is 6.92 Å². The second-order valence-electron chi connectivity index (χ2n) is 2.42. The molecule has 1 rings (SSSR count). The first kappa shape index (κ1) is 9.25. The Hall–Kier alpha value is -0.840. The molecular formula is C7H9BrN2O2. The summed E-state index contributed by atoms with van der Waals surface area (Å²) in [4.78, 5) is 24.1. The van der Waals surface area contributed by atoms with Crippen molar-refractivity contribution < 1.29 is 0 Å². The van der Waals surface area contributed by atoms with Crippen LogP contribution in [0.15, 0.2) is 15.7 Å². The Morgan fingerprint density at radius 3 is 2.75 bits per heavy atom. The van der Waals surface area contributed by atoms with Crippen molar-refractivity contribution in [2.24, 2.45) is 0 Å². The molecule has 5 heteroatoms. The van der Waals surface area contributed by atoms with Gasteiger partial charge < -0.3 is 0 Å². The average molecular weight is 233 g/mol. The van der Waals surface area contributed by atoms with E-state index in [-0.39, 0.29) is 11.2 Å². The van der Waals surface area contributed by atoms with Crippen LogP contribution in [0.2, 0.25) is 0 Å². The van der Waals surface area contributed by atoms with E-state index in [0.29, 0.717) is 17.6 Å². The number of alkyl halides is 1. The Morgan fingerprint density at radius 2 is 2.25 bits per heavy atom. The molecule has 1 aromatic heterocycles. The first-order valence-electron chi connectivity index (χ1n) is 3.52. The van der Waals surface area contributed by atoms with Gasteiger partial charge in [-0.15, -0.1) is 0 Å². The zero-order valence-electron chi connectivity index (χ0n) is 6.63. The van der Waals surface area contributed by atoms with Crippen LogP contribution in [0.5, 0.6) is 0 Å². The van der Waals surface area contributed by atoms with Crippen molar-refractivity contribution >= 4 is 15.9 Å². The van der Waals surface area contributed by atoms with Gasteiger partial charge in [-0.1, -0.05) is 15.9 Å². The topological polar surface area (TPSA) is 54.9 Å². The van der Waals surface area contributed by atoms with Crippen LogP contribution in [0.25, 0.3) is 0 Å². The molecule has 1 aromatic rings. The number of aromatic nitrogens is 2. The van der Waals surface area contributed by atoms with Crippen LogP contribution in [0.1, 0.15) is 5.69 Å². The van der Waals surface area contributed by atoms with Crippen molar-refractivity contribution in [1.82, 2.24) is 9.55 Å². The third-order valence-corrected chi connectivity index (χ3v) is 1.90. The summed E-state index contributed by atoms with van der Waals surface area (Å²) in [5, 5.41) is 0.694. The van der Waals surface area contributed by atoms with Crippen molar-refractivity contribution in [2.75, 3.05) is 5.33 Å². The van der Waals surface area contributed by atoms with Crippen molar-refractivity contribution in [3.63, 3.8) is 0 Å². The maximum Gasteiger partial charge on any atom is 0.328 e. The largest absolute Gasteiger partial charge is 0.328 e. The lowest BCUT2D eigenvalue weighted by Gasteiger charge is -2.04. The summed E-state index contributed by atoms with van der Waals surface area (Å²) >= 11 is 3.22. The Labute approximate surface area is 77.4 Å². The van der Waals surface area contributed by atoms with E-state index in [2.05, 4.69) is 20.9 Å². The van der Waals surface area contributed by atoms with Crippen LogP contribution in [0, 0.1) is 6.92 Å². The number of halogens is 1. The molecule has 0 aliphatic rings. The van der Waals surface area contributed by atoms with Gasteiger partial charge in [0.15, 0.2) is 0 Å². The molecule has 0 spiro atoms. The zero-order chi connectivity index (χ0) is 9.14. The minimum absolute atomic E-state index is 0.344. The quantitative estimate of drug-likeness (QED) is 0.744. The maximum atomic E-state index is 11.1. The van der Waals surface area contributed by atoms with E-state index in [4.69, 9.17) is 0 Å². The summed E-state index contributed by atoms with van der Waals surface area (Å²) in [6, 6.07) is 1.41. The predicted octanol–water partition coefficient (Wildman–Crippen LogP) is 0.240. The zero-order valence-corrected chi connectivity index (χ0v) is 8.22. The van der Waals surface area contributed by atoms with Crippen LogP contribution in [-0.4, -0.2) is 14.9 Å². The van der Waals surface area contributed by atoms with Gasteiger partial charge in [-0.25, -0.2) is 4.79 Å². The Bertz CT molecular complexity index is 380. The van der Waals surface area contributed by atoms with Crippen LogP contribution < -0.4 is 11.2 Å². The Balaban J connectivity index is 3.29. The van der Waals surface area contributed by atoms with E-state index in [1.165, 1.54) is 10.6 Å². The van der Waals surface area contributed by atoms with Gasteiger partial charge in [0.25, 0.3) is 5.56 Å². The van der Waals surface area contributed by atoms with Crippen molar-refractivity contribution in [3.05, 3.63) is 32.6 Å². The van der Waals surface area contributed by atoms with E-state index in [9.17, 15) is 9.59 Å². The fourth-order valence-corrected chi connectivity index (χ4v) is 1.35. The lowest BCUT2D eigenvalue weighted by Crippen LogP contribution is -2.31. The van der Waals surface area contributed by atoms with E-state index in [1.807, 2.05) is 0 Å². The van der Waals surface area contributed by atoms with Crippen LogP contribution in [0.4, 0.5) is 0 Å². The third kappa shape index (κ3) is 1.85. The summed E-state index contributed by atoms with van der Waals surface area (Å²) < 4.78 is 1.51. The second-order valence-corrected chi connectivity index (χ2v) is 3.21. The highest BCUT2D eigenvalue weighted by Gasteiger charge is 1.99. The minimum atomic E-state index is -0.348. The number of aryl methyl sites for hydroxylation is 1. The van der Waals surface area contributed by atoms with Crippen LogP contribution >= 0.6 is 15.9 Å². The number of aromatic amines is 1. The highest BCUT2D eigenvalue weighted by Crippen LogP contribution is 1.90. The normalized spacial score (nSPS) is 10.2. The third-order valence-electron chi connectivity index (χ3n) is 1.55. The predicted molar refractivity (Wildman–Crippen MR) is 49.9 cm³/mol. The number of rotatable bonds is 2. The molecule has 0 saturated carbocycles. The van der Waals surface area contributed by atoms with Gasteiger partial charge in [0.1, 0.15) is 0 Å². The molecule has 0 aliphatic heterocycles. The van der Waals surface area contributed by atoms with E-state index in [0.717, 1.165) is 0 Å². The molecule has 0 aromatic carbocycles. The monoisotopic (exact) mass is 232 g/mol.